The first-order chi connectivity index (χ1) is 18.0. The summed E-state index contributed by atoms with van der Waals surface area (Å²) < 4.78 is 11.5. The van der Waals surface area contributed by atoms with E-state index >= 15 is 0 Å². The first-order valence-corrected chi connectivity index (χ1v) is 11.8. The average Bonchev–Trinajstić information content (AvgIpc) is 2.95. The maximum Gasteiger partial charge on any atom is 0.270 e. The van der Waals surface area contributed by atoms with Crippen LogP contribution >= 0.6 is 0 Å². The molecule has 0 aliphatic carbocycles. The fourth-order valence-electron chi connectivity index (χ4n) is 3.87. The summed E-state index contributed by atoms with van der Waals surface area (Å²) in [6, 6.07) is 26.8. The van der Waals surface area contributed by atoms with Gasteiger partial charge in [0.1, 0.15) is 6.61 Å². The van der Waals surface area contributed by atoms with E-state index < -0.39 is 4.92 Å². The zero-order valence-corrected chi connectivity index (χ0v) is 20.4. The Hall–Kier alpha value is -4.72. The van der Waals surface area contributed by atoms with E-state index in [1.807, 2.05) is 66.7 Å². The monoisotopic (exact) mass is 497 g/mol. The quantitative estimate of drug-likeness (QED) is 0.202. The molecule has 0 saturated heterocycles. The number of nitrogens with zero attached hydrogens (tertiary/aromatic N) is 3. The molecule has 0 fully saturated rings. The van der Waals surface area contributed by atoms with Crippen LogP contribution in [0.2, 0.25) is 0 Å². The number of ether oxygens (including phenoxy) is 2. The van der Waals surface area contributed by atoms with Crippen LogP contribution in [0.1, 0.15) is 27.2 Å². The third kappa shape index (κ3) is 6.91. The van der Waals surface area contributed by atoms with E-state index in [0.29, 0.717) is 31.1 Å². The number of carbonyl (C=O) groups is 1. The third-order valence-corrected chi connectivity index (χ3v) is 5.79. The highest BCUT2D eigenvalue weighted by Crippen LogP contribution is 2.30. The van der Waals surface area contributed by atoms with Gasteiger partial charge in [-0.05, 0) is 41.5 Å². The molecule has 1 amide bonds. The lowest BCUT2D eigenvalue weighted by molar-refractivity contribution is -0.384. The van der Waals surface area contributed by atoms with Gasteiger partial charge in [-0.2, -0.15) is 0 Å². The summed E-state index contributed by atoms with van der Waals surface area (Å²) >= 11 is 0. The largest absolute Gasteiger partial charge is 0.493 e. The van der Waals surface area contributed by atoms with Gasteiger partial charge >= 0.3 is 0 Å². The zero-order chi connectivity index (χ0) is 26.0. The number of nitro benzene ring substituents is 1. The number of hydrogen-bond acceptors (Lipinski definition) is 6. The number of methoxy groups -OCH3 is 1. The van der Waals surface area contributed by atoms with Crippen LogP contribution in [-0.4, -0.2) is 34.4 Å². The van der Waals surface area contributed by atoms with E-state index in [9.17, 15) is 14.9 Å². The maximum absolute atomic E-state index is 13.5. The maximum atomic E-state index is 13.5. The summed E-state index contributed by atoms with van der Waals surface area (Å²) in [7, 11) is 1.57. The smallest absolute Gasteiger partial charge is 0.270 e. The Balaban J connectivity index is 1.54. The number of hydrogen-bond donors (Lipinski definition) is 0. The molecule has 0 spiro atoms. The van der Waals surface area contributed by atoms with Crippen molar-refractivity contribution in [3.8, 4) is 11.5 Å². The first kappa shape index (κ1) is 25.4. The van der Waals surface area contributed by atoms with E-state index in [0.717, 1.165) is 16.8 Å². The minimum atomic E-state index is -0.506. The molecule has 8 nitrogen and oxygen atoms in total. The van der Waals surface area contributed by atoms with Crippen molar-refractivity contribution in [3.63, 3.8) is 0 Å². The molecule has 0 aliphatic heterocycles. The minimum absolute atomic E-state index is 0.128. The summed E-state index contributed by atoms with van der Waals surface area (Å²) in [5.41, 5.74) is 2.85. The molecular formula is C29H27N3O5. The van der Waals surface area contributed by atoms with Crippen LogP contribution in [0, 0.1) is 10.1 Å². The van der Waals surface area contributed by atoms with Gasteiger partial charge in [0.25, 0.3) is 11.6 Å². The lowest BCUT2D eigenvalue weighted by Crippen LogP contribution is -2.32. The molecule has 4 rings (SSSR count). The molecule has 0 aliphatic rings. The number of amides is 1. The van der Waals surface area contributed by atoms with Gasteiger partial charge in [0, 0.05) is 49.1 Å². The van der Waals surface area contributed by atoms with Crippen molar-refractivity contribution in [3.05, 3.63) is 130 Å². The van der Waals surface area contributed by atoms with Crippen molar-refractivity contribution in [2.75, 3.05) is 13.7 Å². The predicted molar refractivity (Wildman–Crippen MR) is 140 cm³/mol. The molecule has 0 N–H and O–H groups in total. The Morgan fingerprint density at radius 1 is 0.919 bits per heavy atom. The second-order valence-electron chi connectivity index (χ2n) is 8.36. The van der Waals surface area contributed by atoms with E-state index in [-0.39, 0.29) is 23.7 Å². The highest BCUT2D eigenvalue weighted by Gasteiger charge is 2.20. The normalized spacial score (nSPS) is 10.5. The average molecular weight is 498 g/mol. The molecule has 8 heteroatoms. The molecule has 0 bridgehead atoms. The van der Waals surface area contributed by atoms with Gasteiger partial charge in [0.15, 0.2) is 11.5 Å². The highest BCUT2D eigenvalue weighted by atomic mass is 16.6. The van der Waals surface area contributed by atoms with Gasteiger partial charge < -0.3 is 14.4 Å². The van der Waals surface area contributed by atoms with E-state index in [1.165, 1.54) is 18.2 Å². The van der Waals surface area contributed by atoms with Crippen LogP contribution in [0.15, 0.2) is 97.2 Å². The summed E-state index contributed by atoms with van der Waals surface area (Å²) in [5.74, 6) is 0.851. The lowest BCUT2D eigenvalue weighted by atomic mass is 10.1. The van der Waals surface area contributed by atoms with Crippen molar-refractivity contribution >= 4 is 11.6 Å². The number of non-ortho nitro benzene ring substituents is 1. The Morgan fingerprint density at radius 2 is 1.73 bits per heavy atom. The number of pyridine rings is 1. The predicted octanol–water partition coefficient (Wildman–Crippen LogP) is 5.46. The second kappa shape index (κ2) is 12.3. The summed E-state index contributed by atoms with van der Waals surface area (Å²) in [5, 5.41) is 11.2. The van der Waals surface area contributed by atoms with Gasteiger partial charge in [-0.25, -0.2) is 0 Å². The summed E-state index contributed by atoms with van der Waals surface area (Å²) in [6.07, 6.45) is 2.25. The molecule has 0 radical (unpaired) electrons. The third-order valence-electron chi connectivity index (χ3n) is 5.79. The minimum Gasteiger partial charge on any atom is -0.493 e. The lowest BCUT2D eigenvalue weighted by Gasteiger charge is -2.23. The van der Waals surface area contributed by atoms with Gasteiger partial charge in [0.05, 0.1) is 12.0 Å². The van der Waals surface area contributed by atoms with Crippen molar-refractivity contribution in [2.24, 2.45) is 0 Å². The molecule has 3 aromatic carbocycles. The molecule has 188 valence electrons. The fraction of sp³-hybridized carbons (Fsp3) is 0.172. The molecule has 0 atom stereocenters. The standard InChI is InChI=1S/C29H27N3O5/c1-36-28-18-23(13-14-27(28)37-21-22-8-3-2-4-9-22)20-31(17-15-25-11-5-6-16-30-25)29(33)24-10-7-12-26(19-24)32(34)35/h2-14,16,18-19H,15,17,20-21H2,1H3. The molecule has 1 aromatic heterocycles. The van der Waals surface area contributed by atoms with E-state index in [2.05, 4.69) is 4.98 Å². The highest BCUT2D eigenvalue weighted by molar-refractivity contribution is 5.94. The Labute approximate surface area is 215 Å². The van der Waals surface area contributed by atoms with Crippen LogP contribution in [0.5, 0.6) is 11.5 Å². The molecule has 0 saturated carbocycles. The van der Waals surface area contributed by atoms with Gasteiger partial charge in [-0.15, -0.1) is 0 Å². The van der Waals surface area contributed by atoms with Crippen molar-refractivity contribution < 1.29 is 19.2 Å². The van der Waals surface area contributed by atoms with Crippen molar-refractivity contribution in [2.45, 2.75) is 19.6 Å². The molecule has 0 unspecified atom stereocenters. The van der Waals surface area contributed by atoms with Crippen molar-refractivity contribution in [1.82, 2.24) is 9.88 Å². The number of carbonyl (C=O) groups excluding carboxylic acids is 1. The van der Waals surface area contributed by atoms with Gasteiger partial charge in [-0.1, -0.05) is 48.5 Å². The Morgan fingerprint density at radius 3 is 2.46 bits per heavy atom. The number of rotatable bonds is 11. The number of benzene rings is 3. The number of aromatic nitrogens is 1. The molecular weight excluding hydrogens is 470 g/mol. The first-order valence-electron chi connectivity index (χ1n) is 11.8. The van der Waals surface area contributed by atoms with Gasteiger partial charge in [-0.3, -0.25) is 19.9 Å². The Bertz CT molecular complexity index is 1350. The van der Waals surface area contributed by atoms with E-state index in [1.54, 1.807) is 24.3 Å². The Kier molecular flexibility index (Phi) is 8.44. The molecule has 37 heavy (non-hydrogen) atoms. The van der Waals surface area contributed by atoms with E-state index in [4.69, 9.17) is 9.47 Å². The SMILES string of the molecule is COc1cc(CN(CCc2ccccn2)C(=O)c2cccc([N+](=O)[O-])c2)ccc1OCc1ccccc1. The zero-order valence-electron chi connectivity index (χ0n) is 20.4. The summed E-state index contributed by atoms with van der Waals surface area (Å²) in [4.78, 5) is 30.2. The molecule has 1 heterocycles. The van der Waals surface area contributed by atoms with Gasteiger partial charge in [0.2, 0.25) is 0 Å². The van der Waals surface area contributed by atoms with Crippen LogP contribution in [0.4, 0.5) is 5.69 Å². The topological polar surface area (TPSA) is 94.8 Å². The summed E-state index contributed by atoms with van der Waals surface area (Å²) in [6.45, 7) is 1.06. The van der Waals surface area contributed by atoms with Crippen LogP contribution in [-0.2, 0) is 19.6 Å². The van der Waals surface area contributed by atoms with Crippen LogP contribution in [0.25, 0.3) is 0 Å². The second-order valence-corrected chi connectivity index (χ2v) is 8.36. The fourth-order valence-corrected chi connectivity index (χ4v) is 3.87. The van der Waals surface area contributed by atoms with Crippen molar-refractivity contribution in [1.29, 1.82) is 0 Å². The number of nitro groups is 1. The van der Waals surface area contributed by atoms with Crippen LogP contribution in [0.3, 0.4) is 0 Å². The van der Waals surface area contributed by atoms with Crippen LogP contribution < -0.4 is 9.47 Å². The molecule has 4 aromatic rings.